The van der Waals surface area contributed by atoms with Crippen molar-refractivity contribution in [3.05, 3.63) is 54.1 Å². The van der Waals surface area contributed by atoms with Crippen molar-refractivity contribution < 1.29 is 17.9 Å². The van der Waals surface area contributed by atoms with Gasteiger partial charge in [-0.25, -0.2) is 0 Å². The van der Waals surface area contributed by atoms with Gasteiger partial charge in [0.25, 0.3) is 0 Å². The number of hydrogen-bond acceptors (Lipinski definition) is 1. The zero-order valence-electron chi connectivity index (χ0n) is 11.7. The first-order valence-electron chi connectivity index (χ1n) is 6.33. The third-order valence-electron chi connectivity index (χ3n) is 2.63. The van der Waals surface area contributed by atoms with E-state index in [9.17, 15) is 13.2 Å². The summed E-state index contributed by atoms with van der Waals surface area (Å²) in [6.45, 7) is 4.00. The Morgan fingerprint density at radius 1 is 0.850 bits per heavy atom. The predicted octanol–water partition coefficient (Wildman–Crippen LogP) is 5.41. The van der Waals surface area contributed by atoms with Gasteiger partial charge in [-0.2, -0.15) is 13.2 Å². The van der Waals surface area contributed by atoms with E-state index in [1.807, 2.05) is 26.0 Å². The number of hydrogen-bond donors (Lipinski definition) is 0. The molecule has 0 fully saturated rings. The standard InChI is InChI=1S/C14H11F3O.C2H6/c1-18-13-5-3-2-4-12(13)10-6-8-11(9-7-10)14(15,16)17;1-2/h2-9H,1H3;1-2H3. The van der Waals surface area contributed by atoms with Crippen molar-refractivity contribution in [2.75, 3.05) is 7.11 Å². The SMILES string of the molecule is CC.COc1ccccc1-c1ccc(C(F)(F)F)cc1. The van der Waals surface area contributed by atoms with Crippen molar-refractivity contribution in [2.24, 2.45) is 0 Å². The Labute approximate surface area is 117 Å². The Bertz CT molecular complexity index is 530. The normalized spacial score (nSPS) is 10.5. The van der Waals surface area contributed by atoms with Crippen LogP contribution in [0.25, 0.3) is 11.1 Å². The predicted molar refractivity (Wildman–Crippen MR) is 74.8 cm³/mol. The summed E-state index contributed by atoms with van der Waals surface area (Å²) < 4.78 is 42.5. The first-order valence-corrected chi connectivity index (χ1v) is 6.33. The van der Waals surface area contributed by atoms with Gasteiger partial charge in [-0.3, -0.25) is 0 Å². The van der Waals surface area contributed by atoms with E-state index >= 15 is 0 Å². The molecule has 0 N–H and O–H groups in total. The fourth-order valence-electron chi connectivity index (χ4n) is 1.72. The molecule has 0 aliphatic heterocycles. The molecule has 20 heavy (non-hydrogen) atoms. The zero-order valence-corrected chi connectivity index (χ0v) is 11.7. The van der Waals surface area contributed by atoms with Gasteiger partial charge in [0, 0.05) is 5.56 Å². The van der Waals surface area contributed by atoms with Crippen LogP contribution in [-0.4, -0.2) is 7.11 Å². The maximum absolute atomic E-state index is 12.4. The van der Waals surface area contributed by atoms with Gasteiger partial charge < -0.3 is 4.74 Å². The second kappa shape index (κ2) is 6.98. The summed E-state index contributed by atoms with van der Waals surface area (Å²) in [5.41, 5.74) is 0.815. The van der Waals surface area contributed by atoms with Gasteiger partial charge in [0.2, 0.25) is 0 Å². The molecule has 0 heterocycles. The number of halogens is 3. The number of benzene rings is 2. The lowest BCUT2D eigenvalue weighted by Crippen LogP contribution is -2.04. The van der Waals surface area contributed by atoms with Gasteiger partial charge in [0.15, 0.2) is 0 Å². The van der Waals surface area contributed by atoms with E-state index in [0.29, 0.717) is 11.3 Å². The number of rotatable bonds is 2. The second-order valence-corrected chi connectivity index (χ2v) is 3.78. The highest BCUT2D eigenvalue weighted by molar-refractivity contribution is 5.70. The summed E-state index contributed by atoms with van der Waals surface area (Å²) in [6.07, 6.45) is -4.31. The van der Waals surface area contributed by atoms with Crippen LogP contribution in [0.15, 0.2) is 48.5 Å². The minimum absolute atomic E-state index is 0.636. The van der Waals surface area contributed by atoms with Crippen molar-refractivity contribution in [1.82, 2.24) is 0 Å². The van der Waals surface area contributed by atoms with Crippen LogP contribution in [0.3, 0.4) is 0 Å². The van der Waals surface area contributed by atoms with Gasteiger partial charge in [0.05, 0.1) is 12.7 Å². The minimum Gasteiger partial charge on any atom is -0.496 e. The van der Waals surface area contributed by atoms with Crippen molar-refractivity contribution in [1.29, 1.82) is 0 Å². The summed E-state index contributed by atoms with van der Waals surface area (Å²) in [5, 5.41) is 0. The number of ether oxygens (including phenoxy) is 1. The number of methoxy groups -OCH3 is 1. The molecule has 4 heteroatoms. The molecule has 0 saturated heterocycles. The van der Waals surface area contributed by atoms with Gasteiger partial charge in [-0.1, -0.05) is 44.2 Å². The maximum Gasteiger partial charge on any atom is 0.416 e. The number of para-hydroxylation sites is 1. The van der Waals surface area contributed by atoms with E-state index in [0.717, 1.165) is 17.7 Å². The third kappa shape index (κ3) is 3.76. The smallest absolute Gasteiger partial charge is 0.416 e. The van der Waals surface area contributed by atoms with Crippen molar-refractivity contribution in [3.8, 4) is 16.9 Å². The molecule has 108 valence electrons. The Morgan fingerprint density at radius 2 is 1.40 bits per heavy atom. The second-order valence-electron chi connectivity index (χ2n) is 3.78. The summed E-state index contributed by atoms with van der Waals surface area (Å²) in [5.74, 6) is 0.636. The van der Waals surface area contributed by atoms with Gasteiger partial charge in [-0.05, 0) is 23.8 Å². The highest BCUT2D eigenvalue weighted by atomic mass is 19.4. The maximum atomic E-state index is 12.4. The molecule has 2 rings (SSSR count). The van der Waals surface area contributed by atoms with Gasteiger partial charge in [-0.15, -0.1) is 0 Å². The lowest BCUT2D eigenvalue weighted by molar-refractivity contribution is -0.137. The van der Waals surface area contributed by atoms with Crippen LogP contribution in [0, 0.1) is 0 Å². The zero-order chi connectivity index (χ0) is 15.2. The topological polar surface area (TPSA) is 9.23 Å². The fourth-order valence-corrected chi connectivity index (χ4v) is 1.72. The van der Waals surface area contributed by atoms with E-state index in [2.05, 4.69) is 0 Å². The first kappa shape index (κ1) is 16.1. The summed E-state index contributed by atoms with van der Waals surface area (Å²) in [4.78, 5) is 0. The Hall–Kier alpha value is -1.97. The summed E-state index contributed by atoms with van der Waals surface area (Å²) in [6, 6.07) is 12.2. The monoisotopic (exact) mass is 282 g/mol. The van der Waals surface area contributed by atoms with Crippen LogP contribution in [0.2, 0.25) is 0 Å². The molecule has 0 aromatic heterocycles. The average molecular weight is 282 g/mol. The largest absolute Gasteiger partial charge is 0.496 e. The van der Waals surface area contributed by atoms with Crippen molar-refractivity contribution in [3.63, 3.8) is 0 Å². The van der Waals surface area contributed by atoms with Crippen molar-refractivity contribution >= 4 is 0 Å². The third-order valence-corrected chi connectivity index (χ3v) is 2.63. The Morgan fingerprint density at radius 3 is 1.90 bits per heavy atom. The van der Waals surface area contributed by atoms with Crippen LogP contribution in [0.1, 0.15) is 19.4 Å². The highest BCUT2D eigenvalue weighted by Gasteiger charge is 2.30. The molecule has 1 nitrogen and oxygen atoms in total. The molecule has 0 radical (unpaired) electrons. The molecule has 0 atom stereocenters. The average Bonchev–Trinajstić information content (AvgIpc) is 2.48. The molecule has 2 aromatic carbocycles. The molecule has 0 unspecified atom stereocenters. The fraction of sp³-hybridized carbons (Fsp3) is 0.250. The van der Waals surface area contributed by atoms with Crippen LogP contribution < -0.4 is 4.74 Å². The first-order chi connectivity index (χ1) is 9.52. The molecule has 0 aliphatic carbocycles. The number of alkyl halides is 3. The molecule has 0 amide bonds. The van der Waals surface area contributed by atoms with Crippen LogP contribution in [0.5, 0.6) is 5.75 Å². The quantitative estimate of drug-likeness (QED) is 0.716. The molecule has 0 saturated carbocycles. The Balaban J connectivity index is 0.000000956. The molecule has 0 aliphatic rings. The van der Waals surface area contributed by atoms with Crippen molar-refractivity contribution in [2.45, 2.75) is 20.0 Å². The molecule has 0 bridgehead atoms. The van der Waals surface area contributed by atoms with E-state index in [-0.39, 0.29) is 0 Å². The van der Waals surface area contributed by atoms with Crippen LogP contribution in [0.4, 0.5) is 13.2 Å². The van der Waals surface area contributed by atoms with Crippen LogP contribution in [-0.2, 0) is 6.18 Å². The Kier molecular flexibility index (Phi) is 5.62. The van der Waals surface area contributed by atoms with E-state index in [4.69, 9.17) is 4.74 Å². The molecular weight excluding hydrogens is 265 g/mol. The minimum atomic E-state index is -4.31. The van der Waals surface area contributed by atoms with Gasteiger partial charge in [0.1, 0.15) is 5.75 Å². The van der Waals surface area contributed by atoms with E-state index in [1.165, 1.54) is 19.2 Å². The van der Waals surface area contributed by atoms with Crippen LogP contribution >= 0.6 is 0 Å². The summed E-state index contributed by atoms with van der Waals surface area (Å²) >= 11 is 0. The lowest BCUT2D eigenvalue weighted by atomic mass is 10.0. The highest BCUT2D eigenvalue weighted by Crippen LogP contribution is 2.33. The molecule has 0 spiro atoms. The lowest BCUT2D eigenvalue weighted by Gasteiger charge is -2.10. The molecular formula is C16H17F3O. The summed E-state index contributed by atoms with van der Waals surface area (Å²) in [7, 11) is 1.53. The molecule has 2 aromatic rings. The van der Waals surface area contributed by atoms with E-state index in [1.54, 1.807) is 12.1 Å². The van der Waals surface area contributed by atoms with Gasteiger partial charge >= 0.3 is 6.18 Å². The van der Waals surface area contributed by atoms with E-state index < -0.39 is 11.7 Å².